The van der Waals surface area contributed by atoms with Gasteiger partial charge < -0.3 is 9.64 Å². The minimum absolute atomic E-state index is 0.126. The third-order valence-corrected chi connectivity index (χ3v) is 7.78. The van der Waals surface area contributed by atoms with E-state index in [1.807, 2.05) is 57.3 Å². The third kappa shape index (κ3) is 5.42. The first kappa shape index (κ1) is 23.6. The number of rotatable bonds is 8. The second-order valence-corrected chi connectivity index (χ2v) is 10.1. The summed E-state index contributed by atoms with van der Waals surface area (Å²) in [6.07, 6.45) is 0. The van der Waals surface area contributed by atoms with Crippen molar-refractivity contribution >= 4 is 29.0 Å². The summed E-state index contributed by atoms with van der Waals surface area (Å²) in [5.41, 5.74) is 2.16. The molecule has 7 nitrogen and oxygen atoms in total. The number of benzene rings is 2. The Morgan fingerprint density at radius 2 is 1.74 bits per heavy atom. The summed E-state index contributed by atoms with van der Waals surface area (Å²) in [5.74, 6) is 1.92. The molecule has 180 valence electrons. The number of hydrogen-bond acceptors (Lipinski definition) is 7. The zero-order chi connectivity index (χ0) is 24.0. The predicted octanol–water partition coefficient (Wildman–Crippen LogP) is 4.44. The molecule has 0 spiro atoms. The molecule has 35 heavy (non-hydrogen) atoms. The molecule has 3 heterocycles. The smallest absolute Gasteiger partial charge is 0.233 e. The lowest BCUT2D eigenvalue weighted by Crippen LogP contribution is -2.48. The number of ether oxygens (including phenoxy) is 1. The van der Waals surface area contributed by atoms with Gasteiger partial charge in [-0.1, -0.05) is 60.3 Å². The van der Waals surface area contributed by atoms with Crippen molar-refractivity contribution in [2.75, 3.05) is 39.0 Å². The van der Waals surface area contributed by atoms with E-state index in [1.165, 1.54) is 17.3 Å². The van der Waals surface area contributed by atoms with Gasteiger partial charge in [-0.2, -0.15) is 0 Å². The van der Waals surface area contributed by atoms with Crippen LogP contribution in [0.1, 0.15) is 5.56 Å². The van der Waals surface area contributed by atoms with E-state index < -0.39 is 0 Å². The summed E-state index contributed by atoms with van der Waals surface area (Å²) >= 11 is 3.02. The molecule has 0 unspecified atom stereocenters. The maximum Gasteiger partial charge on any atom is 0.233 e. The number of amides is 1. The van der Waals surface area contributed by atoms with Gasteiger partial charge in [0, 0.05) is 32.7 Å². The van der Waals surface area contributed by atoms with Crippen LogP contribution >= 0.6 is 23.1 Å². The summed E-state index contributed by atoms with van der Waals surface area (Å²) in [6, 6.07) is 22.3. The molecule has 5 rings (SSSR count). The fourth-order valence-electron chi connectivity index (χ4n) is 4.18. The molecule has 0 aliphatic carbocycles. The van der Waals surface area contributed by atoms with Crippen LogP contribution in [0.4, 0.5) is 0 Å². The van der Waals surface area contributed by atoms with E-state index in [1.54, 1.807) is 18.4 Å². The Labute approximate surface area is 213 Å². The lowest BCUT2D eigenvalue weighted by atomic mass is 10.2. The van der Waals surface area contributed by atoms with Gasteiger partial charge in [-0.05, 0) is 29.1 Å². The van der Waals surface area contributed by atoms with Gasteiger partial charge in [0.1, 0.15) is 5.75 Å². The highest BCUT2D eigenvalue weighted by Gasteiger charge is 2.24. The van der Waals surface area contributed by atoms with Crippen LogP contribution in [0.5, 0.6) is 5.75 Å². The van der Waals surface area contributed by atoms with Crippen LogP contribution in [0.25, 0.3) is 16.4 Å². The molecule has 1 saturated heterocycles. The quantitative estimate of drug-likeness (QED) is 0.330. The molecule has 2 aromatic heterocycles. The molecule has 9 heteroatoms. The van der Waals surface area contributed by atoms with Crippen molar-refractivity contribution < 1.29 is 9.53 Å². The fraction of sp³-hybridized carbons (Fsp3) is 0.269. The van der Waals surface area contributed by atoms with Gasteiger partial charge in [-0.15, -0.1) is 21.5 Å². The average Bonchev–Trinajstić information content (AvgIpc) is 3.58. The van der Waals surface area contributed by atoms with Crippen molar-refractivity contribution in [3.63, 3.8) is 0 Å². The Morgan fingerprint density at radius 3 is 2.49 bits per heavy atom. The molecule has 2 aromatic carbocycles. The summed E-state index contributed by atoms with van der Waals surface area (Å²) < 4.78 is 7.59. The van der Waals surface area contributed by atoms with Gasteiger partial charge in [0.05, 0.1) is 23.4 Å². The van der Waals surface area contributed by atoms with Crippen LogP contribution in [0.3, 0.4) is 0 Å². The van der Waals surface area contributed by atoms with E-state index in [0.29, 0.717) is 10.9 Å². The molecule has 0 N–H and O–H groups in total. The normalized spacial score (nSPS) is 14.3. The van der Waals surface area contributed by atoms with Crippen LogP contribution in [-0.2, 0) is 11.3 Å². The van der Waals surface area contributed by atoms with E-state index in [9.17, 15) is 4.79 Å². The second kappa shape index (κ2) is 11.1. The molecule has 1 fully saturated rings. The molecular weight excluding hydrogens is 478 g/mol. The maximum atomic E-state index is 13.0. The zero-order valence-corrected chi connectivity index (χ0v) is 21.2. The van der Waals surface area contributed by atoms with Crippen LogP contribution in [0.15, 0.2) is 77.3 Å². The highest BCUT2D eigenvalue weighted by Crippen LogP contribution is 2.34. The van der Waals surface area contributed by atoms with Gasteiger partial charge in [-0.3, -0.25) is 14.3 Å². The minimum atomic E-state index is 0.126. The molecule has 1 aliphatic heterocycles. The number of carbonyl (C=O) groups excluding carboxylic acids is 1. The first-order valence-electron chi connectivity index (χ1n) is 11.5. The number of aromatic nitrogens is 3. The predicted molar refractivity (Wildman–Crippen MR) is 140 cm³/mol. The molecular formula is C26H27N5O2S2. The van der Waals surface area contributed by atoms with E-state index in [2.05, 4.69) is 39.4 Å². The number of carbonyl (C=O) groups is 1. The van der Waals surface area contributed by atoms with Crippen LogP contribution in [0, 0.1) is 0 Å². The first-order chi connectivity index (χ1) is 17.2. The summed E-state index contributed by atoms with van der Waals surface area (Å²) in [7, 11) is 1.65. The van der Waals surface area contributed by atoms with Crippen LogP contribution in [-0.4, -0.2) is 69.5 Å². The van der Waals surface area contributed by atoms with E-state index in [0.717, 1.165) is 54.9 Å². The molecule has 1 amide bonds. The first-order valence-corrected chi connectivity index (χ1v) is 13.4. The Balaban J connectivity index is 1.26. The lowest BCUT2D eigenvalue weighted by Gasteiger charge is -2.34. The van der Waals surface area contributed by atoms with Crippen molar-refractivity contribution in [2.45, 2.75) is 11.7 Å². The number of piperazine rings is 1. The number of thioether (sulfide) groups is 1. The molecule has 0 bridgehead atoms. The number of methoxy groups -OCH3 is 1. The number of para-hydroxylation sites is 2. The standard InChI is InChI=1S/C26H27N5O2S2/c1-33-22-11-6-5-10-21(22)31-25(23-12-7-17-34-23)27-28-26(31)35-19-24(32)30-15-13-29(14-16-30)18-20-8-3-2-4-9-20/h2-12,17H,13-16,18-19H2,1H3. The van der Waals surface area contributed by atoms with Crippen LogP contribution in [0.2, 0.25) is 0 Å². The molecule has 0 saturated carbocycles. The topological polar surface area (TPSA) is 63.5 Å². The maximum absolute atomic E-state index is 13.0. The van der Waals surface area contributed by atoms with E-state index in [-0.39, 0.29) is 5.91 Å². The minimum Gasteiger partial charge on any atom is -0.495 e. The Bertz CT molecular complexity index is 1250. The average molecular weight is 506 g/mol. The van der Waals surface area contributed by atoms with Crippen molar-refractivity contribution in [3.05, 3.63) is 77.7 Å². The van der Waals surface area contributed by atoms with E-state index in [4.69, 9.17) is 4.74 Å². The highest BCUT2D eigenvalue weighted by molar-refractivity contribution is 7.99. The Hall–Kier alpha value is -3.14. The van der Waals surface area contributed by atoms with Gasteiger partial charge in [0.2, 0.25) is 5.91 Å². The Morgan fingerprint density at radius 1 is 0.971 bits per heavy atom. The van der Waals surface area contributed by atoms with Crippen LogP contribution < -0.4 is 4.74 Å². The molecule has 0 atom stereocenters. The molecule has 1 aliphatic rings. The van der Waals surface area contributed by atoms with Gasteiger partial charge in [-0.25, -0.2) is 0 Å². The number of hydrogen-bond donors (Lipinski definition) is 0. The van der Waals surface area contributed by atoms with Crippen molar-refractivity contribution in [1.29, 1.82) is 0 Å². The van der Waals surface area contributed by atoms with Crippen molar-refractivity contribution in [1.82, 2.24) is 24.6 Å². The van der Waals surface area contributed by atoms with E-state index >= 15 is 0 Å². The number of thiophene rings is 1. The Kier molecular flexibility index (Phi) is 7.46. The summed E-state index contributed by atoms with van der Waals surface area (Å²) in [4.78, 5) is 18.4. The second-order valence-electron chi connectivity index (χ2n) is 8.22. The van der Waals surface area contributed by atoms with Gasteiger partial charge in [0.25, 0.3) is 0 Å². The van der Waals surface area contributed by atoms with Crippen molar-refractivity contribution in [2.24, 2.45) is 0 Å². The highest BCUT2D eigenvalue weighted by atomic mass is 32.2. The van der Waals surface area contributed by atoms with Crippen molar-refractivity contribution in [3.8, 4) is 22.1 Å². The fourth-order valence-corrected chi connectivity index (χ4v) is 5.72. The number of nitrogens with zero attached hydrogens (tertiary/aromatic N) is 5. The SMILES string of the molecule is COc1ccccc1-n1c(SCC(=O)N2CCN(Cc3ccccc3)CC2)nnc1-c1cccs1. The monoisotopic (exact) mass is 505 g/mol. The van der Waals surface area contributed by atoms with Gasteiger partial charge >= 0.3 is 0 Å². The largest absolute Gasteiger partial charge is 0.495 e. The molecule has 4 aromatic rings. The zero-order valence-electron chi connectivity index (χ0n) is 19.5. The summed E-state index contributed by atoms with van der Waals surface area (Å²) in [5, 5.41) is 11.6. The molecule has 0 radical (unpaired) electrons. The lowest BCUT2D eigenvalue weighted by molar-refractivity contribution is -0.130. The van der Waals surface area contributed by atoms with Gasteiger partial charge in [0.15, 0.2) is 11.0 Å². The third-order valence-electron chi connectivity index (χ3n) is 6.00. The summed E-state index contributed by atoms with van der Waals surface area (Å²) in [6.45, 7) is 4.17.